The van der Waals surface area contributed by atoms with Gasteiger partial charge in [-0.2, -0.15) is 0 Å². The minimum Gasteiger partial charge on any atom is -0.308 e. The van der Waals surface area contributed by atoms with Crippen molar-refractivity contribution >= 4 is 27.5 Å². The molecule has 0 atom stereocenters. The maximum Gasteiger partial charge on any atom is 0.137 e. The lowest BCUT2D eigenvalue weighted by molar-refractivity contribution is 1.16. The number of para-hydroxylation sites is 1. The molecule has 7 rings (SSSR count). The molecule has 3 aromatic carbocycles. The van der Waals surface area contributed by atoms with Crippen molar-refractivity contribution in [2.75, 3.05) is 0 Å². The third-order valence-corrected chi connectivity index (χ3v) is 6.43. The van der Waals surface area contributed by atoms with Gasteiger partial charge in [-0.1, -0.05) is 66.7 Å². The summed E-state index contributed by atoms with van der Waals surface area (Å²) in [5.41, 5.74) is 8.59. The van der Waals surface area contributed by atoms with E-state index in [1.54, 1.807) is 0 Å². The van der Waals surface area contributed by atoms with E-state index in [1.807, 2.05) is 24.5 Å². The number of fused-ring (bicyclic) bond motifs is 4. The van der Waals surface area contributed by atoms with Crippen LogP contribution in [0.3, 0.4) is 0 Å². The summed E-state index contributed by atoms with van der Waals surface area (Å²) in [5.74, 6) is 0. The average molecular weight is 437 g/mol. The third kappa shape index (κ3) is 2.79. The molecule has 0 amide bonds. The van der Waals surface area contributed by atoms with E-state index in [0.29, 0.717) is 0 Å². The number of aromatic nitrogens is 4. The summed E-state index contributed by atoms with van der Waals surface area (Å²) in [4.78, 5) is 9.42. The molecule has 0 fully saturated rings. The van der Waals surface area contributed by atoms with Crippen LogP contribution in [-0.4, -0.2) is 18.9 Å². The molecule has 0 radical (unpaired) electrons. The van der Waals surface area contributed by atoms with Gasteiger partial charge < -0.3 is 4.57 Å². The first kappa shape index (κ1) is 18.8. The fraction of sp³-hybridized carbons (Fsp3) is 0. The summed E-state index contributed by atoms with van der Waals surface area (Å²) in [6, 6.07) is 35.9. The fourth-order valence-corrected chi connectivity index (χ4v) is 4.96. The van der Waals surface area contributed by atoms with Crippen molar-refractivity contribution in [2.45, 2.75) is 0 Å². The van der Waals surface area contributed by atoms with Crippen LogP contribution in [-0.2, 0) is 0 Å². The van der Waals surface area contributed by atoms with Crippen LogP contribution in [0, 0.1) is 0 Å². The van der Waals surface area contributed by atoms with Crippen molar-refractivity contribution in [1.29, 1.82) is 0 Å². The highest BCUT2D eigenvalue weighted by Gasteiger charge is 2.17. The smallest absolute Gasteiger partial charge is 0.137 e. The Labute approximate surface area is 196 Å². The first-order chi connectivity index (χ1) is 16.9. The monoisotopic (exact) mass is 436 g/mol. The van der Waals surface area contributed by atoms with E-state index in [-0.39, 0.29) is 0 Å². The van der Waals surface area contributed by atoms with Crippen molar-refractivity contribution in [3.63, 3.8) is 0 Å². The number of imidazole rings is 1. The maximum atomic E-state index is 5.00. The van der Waals surface area contributed by atoms with Gasteiger partial charge in [0.2, 0.25) is 0 Å². The molecular weight excluding hydrogens is 416 g/mol. The molecule has 0 saturated heterocycles. The van der Waals surface area contributed by atoms with Gasteiger partial charge in [0.25, 0.3) is 0 Å². The van der Waals surface area contributed by atoms with Crippen LogP contribution >= 0.6 is 0 Å². The standard InChI is InChI=1S/C30H20N4/c1-2-9-21(10-3-1)29-30(33-18-7-6-15-28(33)32-29)22-11-8-12-23(19-22)34-26-14-5-4-13-24(26)25-16-17-31-20-27(25)34/h1-20H. The lowest BCUT2D eigenvalue weighted by atomic mass is 10.0. The Morgan fingerprint density at radius 2 is 1.41 bits per heavy atom. The summed E-state index contributed by atoms with van der Waals surface area (Å²) in [7, 11) is 0. The second kappa shape index (κ2) is 7.42. The molecule has 0 saturated carbocycles. The van der Waals surface area contributed by atoms with E-state index in [2.05, 4.69) is 111 Å². The molecule has 0 bridgehead atoms. The highest BCUT2D eigenvalue weighted by atomic mass is 15.0. The summed E-state index contributed by atoms with van der Waals surface area (Å²) in [6.45, 7) is 0. The van der Waals surface area contributed by atoms with Gasteiger partial charge >= 0.3 is 0 Å². The molecule has 160 valence electrons. The lowest BCUT2D eigenvalue weighted by Gasteiger charge is -2.11. The predicted molar refractivity (Wildman–Crippen MR) is 138 cm³/mol. The molecule has 0 aliphatic rings. The topological polar surface area (TPSA) is 35.1 Å². The van der Waals surface area contributed by atoms with Gasteiger partial charge in [-0.3, -0.25) is 9.38 Å². The molecule has 4 heteroatoms. The maximum absolute atomic E-state index is 5.00. The predicted octanol–water partition coefficient (Wildman–Crippen LogP) is 7.16. The Morgan fingerprint density at radius 1 is 0.618 bits per heavy atom. The number of benzene rings is 3. The Balaban J connectivity index is 1.52. The normalized spacial score (nSPS) is 11.5. The number of hydrogen-bond acceptors (Lipinski definition) is 2. The van der Waals surface area contributed by atoms with Crippen LogP contribution in [0.4, 0.5) is 0 Å². The second-order valence-electron chi connectivity index (χ2n) is 8.40. The molecule has 0 aliphatic heterocycles. The molecule has 4 aromatic heterocycles. The largest absolute Gasteiger partial charge is 0.308 e. The van der Waals surface area contributed by atoms with Crippen molar-refractivity contribution in [1.82, 2.24) is 18.9 Å². The third-order valence-electron chi connectivity index (χ3n) is 6.43. The Hall–Kier alpha value is -4.70. The van der Waals surface area contributed by atoms with E-state index < -0.39 is 0 Å². The second-order valence-corrected chi connectivity index (χ2v) is 8.40. The van der Waals surface area contributed by atoms with E-state index >= 15 is 0 Å². The van der Waals surface area contributed by atoms with Gasteiger partial charge in [0.15, 0.2) is 0 Å². The molecule has 7 aromatic rings. The summed E-state index contributed by atoms with van der Waals surface area (Å²) in [6.07, 6.45) is 5.90. The zero-order valence-electron chi connectivity index (χ0n) is 18.3. The minimum atomic E-state index is 0.933. The van der Waals surface area contributed by atoms with E-state index in [9.17, 15) is 0 Å². The zero-order chi connectivity index (χ0) is 22.5. The van der Waals surface area contributed by atoms with Crippen LogP contribution in [0.1, 0.15) is 0 Å². The van der Waals surface area contributed by atoms with E-state index in [4.69, 9.17) is 4.98 Å². The molecule has 34 heavy (non-hydrogen) atoms. The summed E-state index contributed by atoms with van der Waals surface area (Å²) in [5, 5.41) is 2.43. The van der Waals surface area contributed by atoms with Gasteiger partial charge in [-0.05, 0) is 36.4 Å². The number of rotatable bonds is 3. The van der Waals surface area contributed by atoms with Crippen LogP contribution < -0.4 is 0 Å². The SMILES string of the molecule is c1ccc(-c2nc3ccccn3c2-c2cccc(-n3c4ccccc4c4ccncc43)c2)cc1. The van der Waals surface area contributed by atoms with Crippen LogP contribution in [0.2, 0.25) is 0 Å². The van der Waals surface area contributed by atoms with Crippen LogP contribution in [0.5, 0.6) is 0 Å². The molecule has 0 N–H and O–H groups in total. The minimum absolute atomic E-state index is 0.933. The summed E-state index contributed by atoms with van der Waals surface area (Å²) < 4.78 is 4.47. The molecular formula is C30H20N4. The first-order valence-electron chi connectivity index (χ1n) is 11.3. The Morgan fingerprint density at radius 3 is 2.35 bits per heavy atom. The summed E-state index contributed by atoms with van der Waals surface area (Å²) >= 11 is 0. The van der Waals surface area contributed by atoms with Crippen molar-refractivity contribution in [2.24, 2.45) is 0 Å². The van der Waals surface area contributed by atoms with Crippen molar-refractivity contribution in [3.05, 3.63) is 122 Å². The van der Waals surface area contributed by atoms with Crippen molar-refractivity contribution in [3.8, 4) is 28.2 Å². The van der Waals surface area contributed by atoms with E-state index in [0.717, 1.165) is 39.4 Å². The Bertz CT molecular complexity index is 1760. The van der Waals surface area contributed by atoms with Crippen LogP contribution in [0.15, 0.2) is 122 Å². The zero-order valence-corrected chi connectivity index (χ0v) is 18.3. The molecule has 0 aliphatic carbocycles. The lowest BCUT2D eigenvalue weighted by Crippen LogP contribution is -1.96. The fourth-order valence-electron chi connectivity index (χ4n) is 4.96. The average Bonchev–Trinajstić information content (AvgIpc) is 3.46. The molecule has 0 spiro atoms. The number of nitrogens with zero attached hydrogens (tertiary/aromatic N) is 4. The van der Waals surface area contributed by atoms with Gasteiger partial charge in [-0.15, -0.1) is 0 Å². The van der Waals surface area contributed by atoms with E-state index in [1.165, 1.54) is 16.3 Å². The highest BCUT2D eigenvalue weighted by molar-refractivity contribution is 6.09. The quantitative estimate of drug-likeness (QED) is 0.295. The molecule has 0 unspecified atom stereocenters. The van der Waals surface area contributed by atoms with Crippen molar-refractivity contribution < 1.29 is 0 Å². The Kier molecular flexibility index (Phi) is 4.11. The number of pyridine rings is 2. The van der Waals surface area contributed by atoms with Gasteiger partial charge in [0.1, 0.15) is 5.65 Å². The van der Waals surface area contributed by atoms with Gasteiger partial charge in [0.05, 0.1) is 28.6 Å². The highest BCUT2D eigenvalue weighted by Crippen LogP contribution is 2.36. The van der Waals surface area contributed by atoms with Gasteiger partial charge in [-0.25, -0.2) is 4.98 Å². The van der Waals surface area contributed by atoms with Crippen LogP contribution in [0.25, 0.3) is 55.7 Å². The van der Waals surface area contributed by atoms with Gasteiger partial charge in [0, 0.05) is 40.0 Å². The number of hydrogen-bond donors (Lipinski definition) is 0. The molecule has 4 heterocycles. The first-order valence-corrected chi connectivity index (χ1v) is 11.3. The molecule has 4 nitrogen and oxygen atoms in total.